The van der Waals surface area contributed by atoms with Crippen LogP contribution in [0.5, 0.6) is 0 Å². The molecule has 0 fully saturated rings. The van der Waals surface area contributed by atoms with Gasteiger partial charge < -0.3 is 10.6 Å². The van der Waals surface area contributed by atoms with Crippen molar-refractivity contribution >= 4 is 39.1 Å². The van der Waals surface area contributed by atoms with Gasteiger partial charge in [0, 0.05) is 16.4 Å². The summed E-state index contributed by atoms with van der Waals surface area (Å²) in [6.45, 7) is 1.92. The van der Waals surface area contributed by atoms with Gasteiger partial charge in [-0.25, -0.2) is 4.98 Å². The number of hydrogen-bond acceptors (Lipinski definition) is 4. The average molecular weight is 423 g/mol. The van der Waals surface area contributed by atoms with Crippen LogP contribution in [-0.2, 0) is 6.18 Å². The number of nitrogens with zero attached hydrogens (tertiary/aromatic N) is 2. The van der Waals surface area contributed by atoms with Crippen LogP contribution in [0.15, 0.2) is 59.2 Å². The molecule has 3 aromatic rings. The predicted molar refractivity (Wildman–Crippen MR) is 98.9 cm³/mol. The molecule has 8 heteroatoms. The van der Waals surface area contributed by atoms with Crippen molar-refractivity contribution in [2.75, 3.05) is 10.6 Å². The van der Waals surface area contributed by atoms with Crippen LogP contribution in [0.1, 0.15) is 11.1 Å². The van der Waals surface area contributed by atoms with Crippen molar-refractivity contribution in [1.29, 1.82) is 0 Å². The molecule has 26 heavy (non-hydrogen) atoms. The van der Waals surface area contributed by atoms with Gasteiger partial charge >= 0.3 is 6.18 Å². The molecule has 0 amide bonds. The highest BCUT2D eigenvalue weighted by molar-refractivity contribution is 9.10. The van der Waals surface area contributed by atoms with Gasteiger partial charge in [-0.2, -0.15) is 18.2 Å². The number of halogens is 4. The SMILES string of the molecule is Cc1cccc(Nc2ncc(C(F)(F)F)c(Nc3ccccc3Br)n2)c1. The first kappa shape index (κ1) is 18.2. The van der Waals surface area contributed by atoms with Crippen LogP contribution in [0.2, 0.25) is 0 Å². The summed E-state index contributed by atoms with van der Waals surface area (Å²) in [4.78, 5) is 7.83. The first-order valence-corrected chi connectivity index (χ1v) is 8.42. The Kier molecular flexibility index (Phi) is 5.13. The maximum Gasteiger partial charge on any atom is 0.421 e. The Morgan fingerprint density at radius 2 is 1.77 bits per heavy atom. The fraction of sp³-hybridized carbons (Fsp3) is 0.111. The number of nitrogens with one attached hydrogen (secondary N) is 2. The summed E-state index contributed by atoms with van der Waals surface area (Å²) >= 11 is 3.31. The fourth-order valence-electron chi connectivity index (χ4n) is 2.29. The topological polar surface area (TPSA) is 49.8 Å². The molecule has 0 saturated carbocycles. The quantitative estimate of drug-likeness (QED) is 0.536. The Morgan fingerprint density at radius 3 is 2.46 bits per heavy atom. The summed E-state index contributed by atoms with van der Waals surface area (Å²) < 4.78 is 40.6. The van der Waals surface area contributed by atoms with Gasteiger partial charge in [-0.1, -0.05) is 24.3 Å². The molecule has 4 nitrogen and oxygen atoms in total. The molecule has 1 aromatic heterocycles. The van der Waals surface area contributed by atoms with E-state index in [0.29, 0.717) is 15.8 Å². The third-order valence-electron chi connectivity index (χ3n) is 3.50. The summed E-state index contributed by atoms with van der Waals surface area (Å²) in [5.74, 6) is -0.257. The number of rotatable bonds is 4. The summed E-state index contributed by atoms with van der Waals surface area (Å²) in [6, 6.07) is 14.2. The number of alkyl halides is 3. The largest absolute Gasteiger partial charge is 0.421 e. The van der Waals surface area contributed by atoms with E-state index < -0.39 is 11.7 Å². The monoisotopic (exact) mass is 422 g/mol. The minimum absolute atomic E-state index is 0.0677. The van der Waals surface area contributed by atoms with Gasteiger partial charge in [0.25, 0.3) is 0 Å². The Balaban J connectivity index is 1.98. The first-order chi connectivity index (χ1) is 12.3. The molecule has 2 aromatic carbocycles. The van der Waals surface area contributed by atoms with Crippen molar-refractivity contribution in [3.8, 4) is 0 Å². The second kappa shape index (κ2) is 7.33. The van der Waals surface area contributed by atoms with E-state index in [2.05, 4.69) is 36.5 Å². The van der Waals surface area contributed by atoms with E-state index >= 15 is 0 Å². The lowest BCUT2D eigenvalue weighted by Gasteiger charge is -2.15. The van der Waals surface area contributed by atoms with Crippen molar-refractivity contribution in [3.63, 3.8) is 0 Å². The Labute approximate surface area is 156 Å². The second-order valence-corrected chi connectivity index (χ2v) is 6.41. The molecule has 0 saturated heterocycles. The molecule has 0 aliphatic carbocycles. The van der Waals surface area contributed by atoms with E-state index in [9.17, 15) is 13.2 Å². The van der Waals surface area contributed by atoms with Crippen molar-refractivity contribution in [1.82, 2.24) is 9.97 Å². The van der Waals surface area contributed by atoms with Gasteiger partial charge in [0.2, 0.25) is 5.95 Å². The minimum atomic E-state index is -4.58. The van der Waals surface area contributed by atoms with E-state index in [4.69, 9.17) is 0 Å². The van der Waals surface area contributed by atoms with Crippen molar-refractivity contribution in [3.05, 3.63) is 70.3 Å². The maximum absolute atomic E-state index is 13.3. The standard InChI is InChI=1S/C18H14BrF3N4/c1-11-5-4-6-12(9-11)24-17-23-10-13(18(20,21)22)16(26-17)25-15-8-3-2-7-14(15)19/h2-10H,1H3,(H2,23,24,25,26). The Bertz CT molecular complexity index is 928. The molecule has 0 aliphatic heterocycles. The molecule has 0 aliphatic rings. The Hall–Kier alpha value is -2.61. The van der Waals surface area contributed by atoms with Gasteiger partial charge in [-0.15, -0.1) is 0 Å². The average Bonchev–Trinajstić information content (AvgIpc) is 2.56. The lowest BCUT2D eigenvalue weighted by molar-refractivity contribution is -0.137. The van der Waals surface area contributed by atoms with Crippen LogP contribution in [0.25, 0.3) is 0 Å². The highest BCUT2D eigenvalue weighted by atomic mass is 79.9. The molecule has 1 heterocycles. The molecule has 2 N–H and O–H groups in total. The minimum Gasteiger partial charge on any atom is -0.339 e. The Morgan fingerprint density at radius 1 is 1.00 bits per heavy atom. The lowest BCUT2D eigenvalue weighted by Crippen LogP contribution is -2.12. The number of aryl methyl sites for hydroxylation is 1. The van der Waals surface area contributed by atoms with Crippen molar-refractivity contribution in [2.24, 2.45) is 0 Å². The molecular weight excluding hydrogens is 409 g/mol. The predicted octanol–water partition coefficient (Wildman–Crippen LogP) is 6.05. The highest BCUT2D eigenvalue weighted by Crippen LogP contribution is 2.36. The zero-order chi connectivity index (χ0) is 18.7. The van der Waals surface area contributed by atoms with Gasteiger partial charge in [0.1, 0.15) is 11.4 Å². The van der Waals surface area contributed by atoms with E-state index in [1.54, 1.807) is 30.3 Å². The van der Waals surface area contributed by atoms with Crippen LogP contribution in [0.3, 0.4) is 0 Å². The highest BCUT2D eigenvalue weighted by Gasteiger charge is 2.35. The smallest absolute Gasteiger partial charge is 0.339 e. The van der Waals surface area contributed by atoms with E-state index in [0.717, 1.165) is 11.8 Å². The van der Waals surface area contributed by atoms with Crippen LogP contribution in [0.4, 0.5) is 36.3 Å². The molecule has 0 atom stereocenters. The van der Waals surface area contributed by atoms with Gasteiger partial charge in [0.15, 0.2) is 0 Å². The molecular formula is C18H14BrF3N4. The summed E-state index contributed by atoms with van der Waals surface area (Å²) in [5.41, 5.74) is 1.23. The molecule has 0 bridgehead atoms. The maximum atomic E-state index is 13.3. The molecule has 0 unspecified atom stereocenters. The fourth-order valence-corrected chi connectivity index (χ4v) is 2.67. The van der Waals surface area contributed by atoms with Gasteiger partial charge in [0.05, 0.1) is 5.69 Å². The van der Waals surface area contributed by atoms with Crippen LogP contribution < -0.4 is 10.6 Å². The van der Waals surface area contributed by atoms with Crippen molar-refractivity contribution < 1.29 is 13.2 Å². The number of hydrogen-bond donors (Lipinski definition) is 2. The third kappa shape index (κ3) is 4.32. The number of anilines is 4. The lowest BCUT2D eigenvalue weighted by atomic mass is 10.2. The number of aromatic nitrogens is 2. The molecule has 3 rings (SSSR count). The van der Waals surface area contributed by atoms with Gasteiger partial charge in [-0.3, -0.25) is 0 Å². The third-order valence-corrected chi connectivity index (χ3v) is 4.19. The zero-order valence-corrected chi connectivity index (χ0v) is 15.2. The summed E-state index contributed by atoms with van der Waals surface area (Å²) in [5, 5.41) is 5.65. The summed E-state index contributed by atoms with van der Waals surface area (Å²) in [6.07, 6.45) is -3.81. The van der Waals surface area contributed by atoms with Crippen LogP contribution in [0, 0.1) is 6.92 Å². The molecule has 0 radical (unpaired) electrons. The normalized spacial score (nSPS) is 11.3. The number of benzene rings is 2. The van der Waals surface area contributed by atoms with Gasteiger partial charge in [-0.05, 0) is 52.7 Å². The van der Waals surface area contributed by atoms with E-state index in [1.165, 1.54) is 0 Å². The first-order valence-electron chi connectivity index (χ1n) is 7.62. The van der Waals surface area contributed by atoms with E-state index in [1.807, 2.05) is 25.1 Å². The summed E-state index contributed by atoms with van der Waals surface area (Å²) in [7, 11) is 0. The molecule has 0 spiro atoms. The van der Waals surface area contributed by atoms with E-state index in [-0.39, 0.29) is 11.8 Å². The number of para-hydroxylation sites is 1. The van der Waals surface area contributed by atoms with Crippen LogP contribution in [-0.4, -0.2) is 9.97 Å². The second-order valence-electron chi connectivity index (χ2n) is 5.55. The van der Waals surface area contributed by atoms with Crippen LogP contribution >= 0.6 is 15.9 Å². The molecule has 134 valence electrons. The van der Waals surface area contributed by atoms with Crippen molar-refractivity contribution in [2.45, 2.75) is 13.1 Å². The zero-order valence-electron chi connectivity index (χ0n) is 13.6.